The molecule has 0 heterocycles. The van der Waals surface area contributed by atoms with Crippen LogP contribution in [0.1, 0.15) is 0 Å². The Kier molecular flexibility index (Phi) is 3.77. The standard InChI is InChI=1S/C3H10NO2PS/c1-7(5,8)6-3-2-4/h2-4H2,1H3,(H,5,8). The molecule has 3 nitrogen and oxygen atoms in total. The Balaban J connectivity index is 3.26. The first-order valence-corrected chi connectivity index (χ1v) is 5.33. The summed E-state index contributed by atoms with van der Waals surface area (Å²) in [6.45, 7) is -0.170. The molecule has 0 rings (SSSR count). The van der Waals surface area contributed by atoms with E-state index >= 15 is 0 Å². The van der Waals surface area contributed by atoms with Gasteiger partial charge in [-0.25, -0.2) is 0 Å². The normalized spacial score (nSPS) is 17.9. The lowest BCUT2D eigenvalue weighted by Gasteiger charge is -2.07. The topological polar surface area (TPSA) is 55.5 Å². The second-order valence-electron chi connectivity index (χ2n) is 1.42. The van der Waals surface area contributed by atoms with Gasteiger partial charge < -0.3 is 15.2 Å². The molecule has 0 fully saturated rings. The van der Waals surface area contributed by atoms with E-state index in [0.717, 1.165) is 0 Å². The third-order valence-electron chi connectivity index (χ3n) is 0.449. The van der Waals surface area contributed by atoms with Gasteiger partial charge in [0.15, 0.2) is 6.49 Å². The van der Waals surface area contributed by atoms with Crippen LogP contribution in [0.2, 0.25) is 0 Å². The summed E-state index contributed by atoms with van der Waals surface area (Å²) in [5, 5.41) is 0. The van der Waals surface area contributed by atoms with Gasteiger partial charge in [-0.3, -0.25) is 0 Å². The second-order valence-corrected chi connectivity index (χ2v) is 5.32. The van der Waals surface area contributed by atoms with E-state index in [4.69, 9.17) is 15.2 Å². The van der Waals surface area contributed by atoms with Gasteiger partial charge in [-0.05, 0) is 11.8 Å². The van der Waals surface area contributed by atoms with Crippen LogP contribution in [0.5, 0.6) is 0 Å². The van der Waals surface area contributed by atoms with Crippen LogP contribution in [0, 0.1) is 0 Å². The van der Waals surface area contributed by atoms with Gasteiger partial charge in [0, 0.05) is 13.2 Å². The van der Waals surface area contributed by atoms with E-state index in [2.05, 4.69) is 11.8 Å². The van der Waals surface area contributed by atoms with Crippen molar-refractivity contribution in [1.29, 1.82) is 0 Å². The van der Waals surface area contributed by atoms with Gasteiger partial charge in [0.1, 0.15) is 0 Å². The van der Waals surface area contributed by atoms with E-state index in [9.17, 15) is 0 Å². The molecule has 0 bridgehead atoms. The zero-order valence-corrected chi connectivity index (χ0v) is 6.41. The Morgan fingerprint density at radius 2 is 2.38 bits per heavy atom. The van der Waals surface area contributed by atoms with E-state index in [1.807, 2.05) is 0 Å². The highest BCUT2D eigenvalue weighted by Gasteiger charge is 2.00. The summed E-state index contributed by atoms with van der Waals surface area (Å²) in [5.74, 6) is 0. The highest BCUT2D eigenvalue weighted by molar-refractivity contribution is 8.09. The van der Waals surface area contributed by atoms with Crippen LogP contribution in [0.3, 0.4) is 0 Å². The van der Waals surface area contributed by atoms with Crippen molar-refractivity contribution in [3.63, 3.8) is 0 Å². The molecule has 3 N–H and O–H groups in total. The van der Waals surface area contributed by atoms with Crippen LogP contribution in [0.25, 0.3) is 0 Å². The van der Waals surface area contributed by atoms with Gasteiger partial charge in [-0.1, -0.05) is 0 Å². The molecule has 0 spiro atoms. The molecule has 0 aliphatic heterocycles. The molecule has 5 heteroatoms. The van der Waals surface area contributed by atoms with E-state index in [1.165, 1.54) is 6.66 Å². The molecular weight excluding hydrogens is 145 g/mol. The Morgan fingerprint density at radius 1 is 1.88 bits per heavy atom. The predicted octanol–water partition coefficient (Wildman–Crippen LogP) is -0.107. The Morgan fingerprint density at radius 3 is 2.50 bits per heavy atom. The maximum Gasteiger partial charge on any atom is 0.183 e. The Hall–Kier alpha value is 0.530. The fraction of sp³-hybridized carbons (Fsp3) is 1.00. The number of nitrogens with two attached hydrogens (primary N) is 1. The van der Waals surface area contributed by atoms with Gasteiger partial charge in [0.05, 0.1) is 6.61 Å². The second kappa shape index (κ2) is 3.54. The van der Waals surface area contributed by atoms with E-state index in [1.54, 1.807) is 0 Å². The van der Waals surface area contributed by atoms with Gasteiger partial charge in [0.25, 0.3) is 0 Å². The lowest BCUT2D eigenvalue weighted by Crippen LogP contribution is -2.06. The highest BCUT2D eigenvalue weighted by atomic mass is 32.5. The highest BCUT2D eigenvalue weighted by Crippen LogP contribution is 2.36. The SMILES string of the molecule is CP(O)(=S)OCCN. The molecule has 8 heavy (non-hydrogen) atoms. The molecule has 0 aliphatic carbocycles. The van der Waals surface area contributed by atoms with E-state index in [-0.39, 0.29) is 0 Å². The first kappa shape index (κ1) is 8.53. The van der Waals surface area contributed by atoms with Gasteiger partial charge in [-0.2, -0.15) is 0 Å². The van der Waals surface area contributed by atoms with Crippen molar-refractivity contribution in [3.05, 3.63) is 0 Å². The van der Waals surface area contributed by atoms with Crippen molar-refractivity contribution in [2.75, 3.05) is 19.8 Å². The van der Waals surface area contributed by atoms with Gasteiger partial charge in [0.2, 0.25) is 0 Å². The fourth-order valence-electron chi connectivity index (χ4n) is 0.222. The molecule has 0 aromatic rings. The molecule has 1 atom stereocenters. The Bertz CT molecular complexity index is 101. The van der Waals surface area contributed by atoms with Crippen molar-refractivity contribution in [3.8, 4) is 0 Å². The molecule has 0 aromatic heterocycles. The zero-order chi connectivity index (χ0) is 6.62. The lowest BCUT2D eigenvalue weighted by atomic mass is 10.8. The number of hydrogen-bond donors (Lipinski definition) is 2. The lowest BCUT2D eigenvalue weighted by molar-refractivity contribution is 0.321. The van der Waals surface area contributed by atoms with Crippen LogP contribution < -0.4 is 5.73 Å². The van der Waals surface area contributed by atoms with E-state index < -0.39 is 6.49 Å². The van der Waals surface area contributed by atoms with Gasteiger partial charge in [-0.15, -0.1) is 0 Å². The Labute approximate surface area is 54.0 Å². The van der Waals surface area contributed by atoms with Crippen molar-refractivity contribution in [1.82, 2.24) is 0 Å². The quantitative estimate of drug-likeness (QED) is 0.558. The first-order valence-electron chi connectivity index (χ1n) is 2.21. The maximum absolute atomic E-state index is 8.80. The molecule has 50 valence electrons. The largest absolute Gasteiger partial charge is 0.345 e. The average Bonchev–Trinajstić information content (AvgIpc) is 1.59. The van der Waals surface area contributed by atoms with Crippen LogP contribution in [0.4, 0.5) is 0 Å². The number of hydrogen-bond acceptors (Lipinski definition) is 3. The molecule has 1 unspecified atom stereocenters. The van der Waals surface area contributed by atoms with Crippen molar-refractivity contribution in [2.45, 2.75) is 0 Å². The summed E-state index contributed by atoms with van der Waals surface area (Å²) in [7, 11) is 0. The molecule has 0 aromatic carbocycles. The molecule has 0 saturated heterocycles. The van der Waals surface area contributed by atoms with Crippen LogP contribution in [0.15, 0.2) is 0 Å². The molecule has 0 radical (unpaired) electrons. The monoisotopic (exact) mass is 155 g/mol. The van der Waals surface area contributed by atoms with Crippen molar-refractivity contribution < 1.29 is 9.42 Å². The summed E-state index contributed by atoms with van der Waals surface area (Å²) in [5.41, 5.74) is 5.07. The molecule has 0 saturated carbocycles. The van der Waals surface area contributed by atoms with Gasteiger partial charge >= 0.3 is 0 Å². The van der Waals surface area contributed by atoms with E-state index in [0.29, 0.717) is 13.2 Å². The molecule has 0 amide bonds. The first-order chi connectivity index (χ1) is 3.56. The number of rotatable bonds is 3. The summed E-state index contributed by atoms with van der Waals surface area (Å²) in [6, 6.07) is 0. The minimum Gasteiger partial charge on any atom is -0.345 e. The third-order valence-corrected chi connectivity index (χ3v) is 1.43. The van der Waals surface area contributed by atoms with Crippen LogP contribution >= 0.6 is 6.49 Å². The third kappa shape index (κ3) is 6.53. The molecular formula is C3H10NO2PS. The average molecular weight is 155 g/mol. The zero-order valence-electron chi connectivity index (χ0n) is 4.70. The van der Waals surface area contributed by atoms with Crippen LogP contribution in [-0.2, 0) is 16.3 Å². The van der Waals surface area contributed by atoms with Crippen molar-refractivity contribution >= 4 is 18.3 Å². The smallest absolute Gasteiger partial charge is 0.183 e. The summed E-state index contributed by atoms with van der Waals surface area (Å²) in [4.78, 5) is 8.80. The summed E-state index contributed by atoms with van der Waals surface area (Å²) < 4.78 is 4.73. The maximum atomic E-state index is 8.80. The fourth-order valence-corrected chi connectivity index (χ4v) is 0.890. The molecule has 0 aliphatic rings. The summed E-state index contributed by atoms with van der Waals surface area (Å²) in [6.07, 6.45) is 0. The summed E-state index contributed by atoms with van der Waals surface area (Å²) >= 11 is 4.54. The predicted molar refractivity (Wildman–Crippen MR) is 37.4 cm³/mol. The minimum atomic E-state index is -2.43. The van der Waals surface area contributed by atoms with Crippen LogP contribution in [-0.4, -0.2) is 24.7 Å². The minimum absolute atomic E-state index is 0.351. The van der Waals surface area contributed by atoms with Crippen molar-refractivity contribution in [2.24, 2.45) is 5.73 Å².